The first-order valence-electron chi connectivity index (χ1n) is 12.0. The molecule has 0 bridgehead atoms. The van der Waals surface area contributed by atoms with Crippen LogP contribution in [0.5, 0.6) is 0 Å². The number of unbranched alkanes of at least 4 members (excludes halogenated alkanes) is 16. The minimum Gasteiger partial charge on any atom is -0.461 e. The van der Waals surface area contributed by atoms with Crippen LogP contribution in [-0.4, -0.2) is 30.6 Å². The number of alkyl halides is 7. The lowest BCUT2D eigenvalue weighted by molar-refractivity contribution is -0.348. The highest BCUT2D eigenvalue weighted by Gasteiger charge is 2.77. The van der Waals surface area contributed by atoms with Crippen molar-refractivity contribution in [1.82, 2.24) is 0 Å². The SMILES string of the molecule is CCCCCCCCCCCCCCCCCCCOC(=O)C(F)(F)C(F)(F)C(F)(F)F. The van der Waals surface area contributed by atoms with Crippen molar-refractivity contribution in [2.45, 2.75) is 134 Å². The summed E-state index contributed by atoms with van der Waals surface area (Å²) < 4.78 is 91.5. The van der Waals surface area contributed by atoms with E-state index in [0.29, 0.717) is 6.42 Å². The first kappa shape index (κ1) is 31.0. The summed E-state index contributed by atoms with van der Waals surface area (Å²) in [6.07, 6.45) is 12.1. The fourth-order valence-electron chi connectivity index (χ4n) is 3.39. The molecule has 0 saturated carbocycles. The van der Waals surface area contributed by atoms with E-state index in [1.54, 1.807) is 0 Å². The van der Waals surface area contributed by atoms with Gasteiger partial charge in [0.25, 0.3) is 0 Å². The van der Waals surface area contributed by atoms with Gasteiger partial charge in [0.1, 0.15) is 0 Å². The maximum Gasteiger partial charge on any atom is 0.460 e. The zero-order valence-corrected chi connectivity index (χ0v) is 19.2. The molecule has 0 aliphatic rings. The topological polar surface area (TPSA) is 26.3 Å². The number of halogens is 7. The molecule has 0 unspecified atom stereocenters. The van der Waals surface area contributed by atoms with Crippen molar-refractivity contribution >= 4 is 5.97 Å². The highest BCUT2D eigenvalue weighted by atomic mass is 19.4. The van der Waals surface area contributed by atoms with E-state index in [9.17, 15) is 35.5 Å². The van der Waals surface area contributed by atoms with E-state index in [-0.39, 0.29) is 6.42 Å². The van der Waals surface area contributed by atoms with Gasteiger partial charge in [0.15, 0.2) is 0 Å². The van der Waals surface area contributed by atoms with Crippen LogP contribution in [-0.2, 0) is 9.53 Å². The highest BCUT2D eigenvalue weighted by molar-refractivity contribution is 5.79. The molecule has 0 fully saturated rings. The van der Waals surface area contributed by atoms with Crippen molar-refractivity contribution in [2.24, 2.45) is 0 Å². The second-order valence-corrected chi connectivity index (χ2v) is 8.44. The molecule has 0 aromatic heterocycles. The zero-order valence-electron chi connectivity index (χ0n) is 19.2. The number of hydrogen-bond acceptors (Lipinski definition) is 2. The minimum absolute atomic E-state index is 0.137. The van der Waals surface area contributed by atoms with Crippen LogP contribution in [0, 0.1) is 0 Å². The Morgan fingerprint density at radius 2 is 0.875 bits per heavy atom. The lowest BCUT2D eigenvalue weighted by Crippen LogP contribution is -2.56. The Morgan fingerprint density at radius 3 is 1.19 bits per heavy atom. The standard InChI is InChI=1S/C23H39F7O2/c1-2-3-4-5-6-7-8-9-10-11-12-13-14-15-16-17-18-19-32-20(31)21(24,25)22(26,27)23(28,29)30/h2-19H2,1H3. The highest BCUT2D eigenvalue weighted by Crippen LogP contribution is 2.46. The van der Waals surface area contributed by atoms with Gasteiger partial charge in [-0.2, -0.15) is 30.7 Å². The van der Waals surface area contributed by atoms with Crippen LogP contribution in [0.1, 0.15) is 116 Å². The predicted octanol–water partition coefficient (Wildman–Crippen LogP) is 9.01. The van der Waals surface area contributed by atoms with Crippen LogP contribution >= 0.6 is 0 Å². The average molecular weight is 481 g/mol. The zero-order chi connectivity index (χ0) is 24.5. The number of ether oxygens (including phenoxy) is 1. The normalized spacial score (nSPS) is 12.9. The number of esters is 1. The summed E-state index contributed by atoms with van der Waals surface area (Å²) in [5.74, 6) is -15.3. The van der Waals surface area contributed by atoms with Crippen molar-refractivity contribution < 1.29 is 40.3 Å². The van der Waals surface area contributed by atoms with Gasteiger partial charge >= 0.3 is 24.0 Å². The molecule has 0 aliphatic carbocycles. The Kier molecular flexibility index (Phi) is 16.0. The lowest BCUT2D eigenvalue weighted by atomic mass is 10.0. The molecule has 0 aromatic rings. The van der Waals surface area contributed by atoms with E-state index in [0.717, 1.165) is 32.1 Å². The summed E-state index contributed by atoms with van der Waals surface area (Å²) in [6.45, 7) is 1.61. The van der Waals surface area contributed by atoms with E-state index in [1.807, 2.05) is 0 Å². The number of rotatable bonds is 20. The smallest absolute Gasteiger partial charge is 0.460 e. The Balaban J connectivity index is 3.56. The van der Waals surface area contributed by atoms with Gasteiger partial charge in [-0.25, -0.2) is 4.79 Å². The Bertz CT molecular complexity index is 479. The minimum atomic E-state index is -6.54. The number of carbonyl (C=O) groups excluding carboxylic acids is 1. The molecule has 192 valence electrons. The Hall–Kier alpha value is -1.02. The second-order valence-electron chi connectivity index (χ2n) is 8.44. The summed E-state index contributed by atoms with van der Waals surface area (Å²) in [5, 5.41) is 0. The molecule has 0 radical (unpaired) electrons. The van der Waals surface area contributed by atoms with E-state index >= 15 is 0 Å². The monoisotopic (exact) mass is 480 g/mol. The molecule has 0 aliphatic heterocycles. The van der Waals surface area contributed by atoms with Gasteiger partial charge in [0.05, 0.1) is 6.61 Å². The first-order chi connectivity index (χ1) is 15.0. The van der Waals surface area contributed by atoms with Gasteiger partial charge in [0.2, 0.25) is 0 Å². The van der Waals surface area contributed by atoms with Crippen LogP contribution in [0.25, 0.3) is 0 Å². The van der Waals surface area contributed by atoms with E-state index in [1.165, 1.54) is 64.2 Å². The lowest BCUT2D eigenvalue weighted by Gasteiger charge is -2.26. The third kappa shape index (κ3) is 12.3. The van der Waals surface area contributed by atoms with E-state index in [4.69, 9.17) is 0 Å². The molecule has 0 spiro atoms. The predicted molar refractivity (Wildman–Crippen MR) is 111 cm³/mol. The van der Waals surface area contributed by atoms with Gasteiger partial charge in [-0.1, -0.05) is 110 Å². The Morgan fingerprint density at radius 1 is 0.562 bits per heavy atom. The van der Waals surface area contributed by atoms with Crippen LogP contribution in [0.3, 0.4) is 0 Å². The third-order valence-electron chi connectivity index (χ3n) is 5.49. The molecule has 0 heterocycles. The molecule has 0 saturated heterocycles. The van der Waals surface area contributed by atoms with Gasteiger partial charge in [0, 0.05) is 0 Å². The van der Waals surface area contributed by atoms with Crippen LogP contribution in [0.15, 0.2) is 0 Å². The first-order valence-corrected chi connectivity index (χ1v) is 12.0. The molecule has 0 atom stereocenters. The Labute approximate surface area is 187 Å². The number of hydrogen-bond donors (Lipinski definition) is 0. The average Bonchev–Trinajstić information content (AvgIpc) is 2.71. The number of carbonyl (C=O) groups is 1. The van der Waals surface area contributed by atoms with Crippen LogP contribution < -0.4 is 0 Å². The summed E-state index contributed by atoms with van der Waals surface area (Å²) in [6, 6.07) is 0. The van der Waals surface area contributed by atoms with Crippen molar-refractivity contribution in [3.63, 3.8) is 0 Å². The molecule has 32 heavy (non-hydrogen) atoms. The summed E-state index contributed by atoms with van der Waals surface area (Å²) in [7, 11) is 0. The second kappa shape index (κ2) is 16.6. The van der Waals surface area contributed by atoms with Crippen molar-refractivity contribution in [3.05, 3.63) is 0 Å². The molecule has 9 heteroatoms. The van der Waals surface area contributed by atoms with Gasteiger partial charge in [-0.3, -0.25) is 0 Å². The molecule has 2 nitrogen and oxygen atoms in total. The molecular formula is C23H39F7O2. The molecule has 0 amide bonds. The van der Waals surface area contributed by atoms with Gasteiger partial charge in [-0.15, -0.1) is 0 Å². The van der Waals surface area contributed by atoms with Crippen LogP contribution in [0.2, 0.25) is 0 Å². The molecule has 0 aromatic carbocycles. The summed E-state index contributed by atoms with van der Waals surface area (Å²) >= 11 is 0. The largest absolute Gasteiger partial charge is 0.461 e. The third-order valence-corrected chi connectivity index (χ3v) is 5.49. The van der Waals surface area contributed by atoms with Crippen molar-refractivity contribution in [1.29, 1.82) is 0 Å². The quantitative estimate of drug-likeness (QED) is 0.0987. The van der Waals surface area contributed by atoms with Crippen LogP contribution in [0.4, 0.5) is 30.7 Å². The maximum absolute atomic E-state index is 13.1. The molecular weight excluding hydrogens is 441 g/mol. The van der Waals surface area contributed by atoms with E-state index in [2.05, 4.69) is 11.7 Å². The van der Waals surface area contributed by atoms with Gasteiger partial charge in [-0.05, 0) is 6.42 Å². The molecule has 0 N–H and O–H groups in total. The van der Waals surface area contributed by atoms with Gasteiger partial charge < -0.3 is 4.74 Å². The summed E-state index contributed by atoms with van der Waals surface area (Å²) in [5.41, 5.74) is 0. The van der Waals surface area contributed by atoms with E-state index < -0.39 is 30.6 Å². The summed E-state index contributed by atoms with van der Waals surface area (Å²) in [4.78, 5) is 11.0. The fraction of sp³-hybridized carbons (Fsp3) is 0.957. The maximum atomic E-state index is 13.1. The van der Waals surface area contributed by atoms with Crippen molar-refractivity contribution in [2.75, 3.05) is 6.61 Å². The molecule has 0 rings (SSSR count). The fourth-order valence-corrected chi connectivity index (χ4v) is 3.39. The van der Waals surface area contributed by atoms with Crippen molar-refractivity contribution in [3.8, 4) is 0 Å².